The monoisotopic (exact) mass is 715 g/mol. The number of unbranched alkanes of at least 4 members (excludes halogenated alkanes) is 1. The van der Waals surface area contributed by atoms with Crippen LogP contribution in [-0.4, -0.2) is 106 Å². The number of aliphatic imine (C=N–C) groups is 1. The van der Waals surface area contributed by atoms with Crippen LogP contribution in [0.25, 0.3) is 0 Å². The number of amides is 4. The Morgan fingerprint density at radius 2 is 1.61 bits per heavy atom. The van der Waals surface area contributed by atoms with Crippen LogP contribution in [0.15, 0.2) is 47.5 Å². The molecule has 2 aromatic rings. The quantitative estimate of drug-likeness (QED) is 0.111. The number of urea groups is 1. The fraction of sp³-hybridized carbons (Fsp3) is 0.543. The van der Waals surface area contributed by atoms with Crippen LogP contribution in [0.4, 0.5) is 10.5 Å². The molecule has 0 bridgehead atoms. The zero-order valence-corrected chi connectivity index (χ0v) is 29.3. The van der Waals surface area contributed by atoms with Crippen LogP contribution in [0.1, 0.15) is 54.4 Å². The van der Waals surface area contributed by atoms with E-state index in [1.165, 1.54) is 0 Å². The highest BCUT2D eigenvalue weighted by Gasteiger charge is 2.42. The number of hydrogen-bond donors (Lipinski definition) is 4. The summed E-state index contributed by atoms with van der Waals surface area (Å²) in [6, 6.07) is 13.1. The zero-order valence-electron chi connectivity index (χ0n) is 27.7. The van der Waals surface area contributed by atoms with Gasteiger partial charge in [-0.05, 0) is 55.5 Å². The van der Waals surface area contributed by atoms with Gasteiger partial charge in [0.25, 0.3) is 5.91 Å². The molecule has 0 saturated carbocycles. The lowest BCUT2D eigenvalue weighted by molar-refractivity contribution is -0.121. The van der Waals surface area contributed by atoms with E-state index < -0.39 is 0 Å². The molecule has 0 radical (unpaired) electrons. The standard InChI is InChI=1S/C35H46ClN5O7S/c36-26-11-12-27-30(21-26)48-22-28(39-27)24-7-9-25(10-8-24)34(43)38-14-4-16-46-18-20-47-19-17-45-15-3-13-37-32(42)6-2-1-5-31-33-29(23-49-31)40-35(44)41-33/h7-12,21,29,31,33H,1-6,13-20,22-23H2,(H,37,42)(H,38,43)(H2,40,41,44)/t29?,31-,33?/m1/s1. The average molecular weight is 716 g/mol. The number of fused-ring (bicyclic) bond motifs is 2. The predicted octanol–water partition coefficient (Wildman–Crippen LogP) is 4.26. The molecule has 5 rings (SSSR count). The zero-order chi connectivity index (χ0) is 34.3. The Hall–Kier alpha value is -3.36. The second kappa shape index (κ2) is 19.7. The Labute approximate surface area is 296 Å². The van der Waals surface area contributed by atoms with Crippen molar-refractivity contribution in [3.63, 3.8) is 0 Å². The molecule has 12 nitrogen and oxygen atoms in total. The highest BCUT2D eigenvalue weighted by molar-refractivity contribution is 8.00. The number of carbonyl (C=O) groups excluding carboxylic acids is 3. The van der Waals surface area contributed by atoms with E-state index in [1.807, 2.05) is 30.0 Å². The van der Waals surface area contributed by atoms with Crippen LogP contribution < -0.4 is 26.0 Å². The van der Waals surface area contributed by atoms with Gasteiger partial charge in [-0.25, -0.2) is 9.79 Å². The molecule has 0 aromatic heterocycles. The van der Waals surface area contributed by atoms with Gasteiger partial charge in [-0.3, -0.25) is 9.59 Å². The van der Waals surface area contributed by atoms with Crippen LogP contribution >= 0.6 is 23.4 Å². The van der Waals surface area contributed by atoms with E-state index in [0.717, 1.165) is 48.4 Å². The molecule has 14 heteroatoms. The number of ether oxygens (including phenoxy) is 4. The number of rotatable bonds is 21. The third-order valence-corrected chi connectivity index (χ3v) is 10.1. The number of halogens is 1. The minimum atomic E-state index is -0.137. The van der Waals surface area contributed by atoms with Crippen molar-refractivity contribution in [2.75, 3.05) is 65.1 Å². The largest absolute Gasteiger partial charge is 0.485 e. The molecule has 0 aliphatic carbocycles. The fourth-order valence-electron chi connectivity index (χ4n) is 5.77. The third-order valence-electron chi connectivity index (χ3n) is 8.39. The first-order valence-corrected chi connectivity index (χ1v) is 18.5. The van der Waals surface area contributed by atoms with Crippen LogP contribution in [-0.2, 0) is 19.0 Å². The Balaban J connectivity index is 0.784. The van der Waals surface area contributed by atoms with Gasteiger partial charge in [0.15, 0.2) is 0 Å². The molecule has 49 heavy (non-hydrogen) atoms. The van der Waals surface area contributed by atoms with Gasteiger partial charge in [-0.15, -0.1) is 0 Å². The molecule has 0 spiro atoms. The maximum atomic E-state index is 12.5. The summed E-state index contributed by atoms with van der Waals surface area (Å²) in [5, 5.41) is 12.9. The van der Waals surface area contributed by atoms with Crippen molar-refractivity contribution in [1.29, 1.82) is 0 Å². The SMILES string of the molecule is O=C(CCCC[C@H]1SCC2NC(=O)NC21)NCCCOCCOCCOCCCNC(=O)c1ccc(C2=Nc3ccc(Cl)cc3OC2)cc1. The number of hydrogen-bond acceptors (Lipinski definition) is 9. The lowest BCUT2D eigenvalue weighted by atomic mass is 10.0. The first-order valence-electron chi connectivity index (χ1n) is 17.0. The summed E-state index contributed by atoms with van der Waals surface area (Å²) in [4.78, 5) is 40.7. The van der Waals surface area contributed by atoms with Crippen LogP contribution in [0.2, 0.25) is 5.02 Å². The lowest BCUT2D eigenvalue weighted by Gasteiger charge is -2.17. The highest BCUT2D eigenvalue weighted by atomic mass is 35.5. The smallest absolute Gasteiger partial charge is 0.315 e. The minimum Gasteiger partial charge on any atom is -0.485 e. The van der Waals surface area contributed by atoms with E-state index in [9.17, 15) is 14.4 Å². The van der Waals surface area contributed by atoms with Gasteiger partial charge in [0, 0.05) is 60.4 Å². The fourth-order valence-corrected chi connectivity index (χ4v) is 7.47. The van der Waals surface area contributed by atoms with E-state index >= 15 is 0 Å². The molecule has 2 fully saturated rings. The Kier molecular flexibility index (Phi) is 14.9. The Morgan fingerprint density at radius 1 is 0.898 bits per heavy atom. The summed E-state index contributed by atoms with van der Waals surface area (Å²) in [5.74, 6) is 1.56. The van der Waals surface area contributed by atoms with Crippen LogP contribution in [0.3, 0.4) is 0 Å². The van der Waals surface area contributed by atoms with Crippen LogP contribution in [0, 0.1) is 0 Å². The van der Waals surface area contributed by atoms with Crippen molar-refractivity contribution >= 4 is 52.6 Å². The maximum Gasteiger partial charge on any atom is 0.315 e. The normalized spacial score (nSPS) is 19.2. The molecule has 4 N–H and O–H groups in total. The number of nitrogens with zero attached hydrogens (tertiary/aromatic N) is 1. The predicted molar refractivity (Wildman–Crippen MR) is 191 cm³/mol. The Morgan fingerprint density at radius 3 is 2.37 bits per heavy atom. The molecule has 3 heterocycles. The van der Waals surface area contributed by atoms with Gasteiger partial charge in [-0.1, -0.05) is 30.2 Å². The minimum absolute atomic E-state index is 0.0593. The summed E-state index contributed by atoms with van der Waals surface area (Å²) < 4.78 is 22.5. The molecule has 2 saturated heterocycles. The first kappa shape index (κ1) is 36.9. The molecular formula is C35H46ClN5O7S. The van der Waals surface area contributed by atoms with E-state index in [-0.39, 0.29) is 29.9 Å². The second-order valence-corrected chi connectivity index (χ2v) is 13.8. The molecule has 266 valence electrons. The third kappa shape index (κ3) is 11.9. The topological polar surface area (TPSA) is 149 Å². The van der Waals surface area contributed by atoms with Crippen molar-refractivity contribution < 1.29 is 33.3 Å². The van der Waals surface area contributed by atoms with Crippen LogP contribution in [0.5, 0.6) is 5.75 Å². The van der Waals surface area contributed by atoms with Crippen molar-refractivity contribution in [3.05, 3.63) is 58.6 Å². The average Bonchev–Trinajstić information content (AvgIpc) is 3.67. The molecule has 3 atom stereocenters. The van der Waals surface area contributed by atoms with E-state index in [0.29, 0.717) is 93.8 Å². The lowest BCUT2D eigenvalue weighted by Crippen LogP contribution is -2.36. The maximum absolute atomic E-state index is 12.5. The Bertz CT molecular complexity index is 1430. The number of carbonyl (C=O) groups is 3. The molecule has 3 aliphatic heterocycles. The molecule has 3 aliphatic rings. The van der Waals surface area contributed by atoms with Gasteiger partial charge in [0.2, 0.25) is 5.91 Å². The molecule has 4 amide bonds. The molecule has 2 unspecified atom stereocenters. The van der Waals surface area contributed by atoms with E-state index in [2.05, 4.69) is 26.3 Å². The summed E-state index contributed by atoms with van der Waals surface area (Å²) in [6.45, 7) is 4.44. The summed E-state index contributed by atoms with van der Waals surface area (Å²) >= 11 is 7.92. The van der Waals surface area contributed by atoms with Gasteiger partial charge in [-0.2, -0.15) is 11.8 Å². The van der Waals surface area contributed by atoms with Gasteiger partial charge in [0.05, 0.1) is 44.2 Å². The number of nitrogens with one attached hydrogen (secondary N) is 4. The summed E-state index contributed by atoms with van der Waals surface area (Å²) in [7, 11) is 0. The van der Waals surface area contributed by atoms with E-state index in [1.54, 1.807) is 24.3 Å². The van der Waals surface area contributed by atoms with Crippen molar-refractivity contribution in [3.8, 4) is 5.75 Å². The van der Waals surface area contributed by atoms with Gasteiger partial charge in [0.1, 0.15) is 18.0 Å². The van der Waals surface area contributed by atoms with Crippen molar-refractivity contribution in [2.45, 2.75) is 55.9 Å². The van der Waals surface area contributed by atoms with E-state index in [4.69, 9.17) is 30.5 Å². The summed E-state index contributed by atoms with van der Waals surface area (Å²) in [5.41, 5.74) is 3.01. The van der Waals surface area contributed by atoms with Crippen molar-refractivity contribution in [2.24, 2.45) is 4.99 Å². The second-order valence-electron chi connectivity index (χ2n) is 12.1. The van der Waals surface area contributed by atoms with Gasteiger partial charge >= 0.3 is 6.03 Å². The van der Waals surface area contributed by atoms with Gasteiger partial charge < -0.3 is 40.2 Å². The molecule has 2 aromatic carbocycles. The van der Waals surface area contributed by atoms with Crippen molar-refractivity contribution in [1.82, 2.24) is 21.3 Å². The highest BCUT2D eigenvalue weighted by Crippen LogP contribution is 2.34. The number of thioether (sulfide) groups is 1. The summed E-state index contributed by atoms with van der Waals surface area (Å²) in [6.07, 6.45) is 4.83. The first-order chi connectivity index (χ1) is 24.0. The number of benzene rings is 2. The molecular weight excluding hydrogens is 670 g/mol.